The Labute approximate surface area is 139 Å². The van der Waals surface area contributed by atoms with Crippen LogP contribution in [0.1, 0.15) is 45.3 Å². The van der Waals surface area contributed by atoms with Crippen molar-refractivity contribution in [3.63, 3.8) is 0 Å². The van der Waals surface area contributed by atoms with E-state index in [2.05, 4.69) is 36.0 Å². The van der Waals surface area contributed by atoms with Crippen molar-refractivity contribution < 1.29 is 9.50 Å². The Balaban J connectivity index is 1.82. The van der Waals surface area contributed by atoms with Crippen LogP contribution in [0.25, 0.3) is 0 Å². The molecule has 5 heteroatoms. The first kappa shape index (κ1) is 18.3. The lowest BCUT2D eigenvalue weighted by Crippen LogP contribution is -2.43. The van der Waals surface area contributed by atoms with Crippen molar-refractivity contribution in [2.45, 2.75) is 45.8 Å². The summed E-state index contributed by atoms with van der Waals surface area (Å²) in [6.07, 6.45) is 3.28. The Morgan fingerprint density at radius 1 is 1.35 bits per heavy atom. The number of nitrogens with one attached hydrogen (secondary N) is 1. The first-order chi connectivity index (χ1) is 11.0. The highest BCUT2D eigenvalue weighted by molar-refractivity contribution is 5.10. The standard InChI is InChI=1S/C18H30FN3O/c1-13(2)18(17-5-4-15(19)10-20-17)21-11-16(23)12-22-8-6-14(3)7-9-22/h4-5,10,13-14,16,18,21,23H,6-9,11-12H2,1-3H3. The van der Waals surface area contributed by atoms with Crippen LogP contribution in [-0.4, -0.2) is 47.3 Å². The minimum absolute atomic E-state index is 0.0200. The van der Waals surface area contributed by atoms with Crippen molar-refractivity contribution in [2.75, 3.05) is 26.2 Å². The fourth-order valence-electron chi connectivity index (χ4n) is 3.12. The van der Waals surface area contributed by atoms with Crippen molar-refractivity contribution in [3.05, 3.63) is 29.8 Å². The summed E-state index contributed by atoms with van der Waals surface area (Å²) in [7, 11) is 0. The maximum absolute atomic E-state index is 13.0. The molecule has 1 aliphatic heterocycles. The van der Waals surface area contributed by atoms with Gasteiger partial charge in [-0.3, -0.25) is 4.98 Å². The highest BCUT2D eigenvalue weighted by Crippen LogP contribution is 2.20. The van der Waals surface area contributed by atoms with E-state index in [1.807, 2.05) is 0 Å². The minimum atomic E-state index is -0.398. The molecule has 2 unspecified atom stereocenters. The first-order valence-corrected chi connectivity index (χ1v) is 8.71. The third-order valence-electron chi connectivity index (χ3n) is 4.65. The second-order valence-electron chi connectivity index (χ2n) is 7.17. The summed E-state index contributed by atoms with van der Waals surface area (Å²) in [6, 6.07) is 3.17. The van der Waals surface area contributed by atoms with Gasteiger partial charge in [-0.1, -0.05) is 20.8 Å². The van der Waals surface area contributed by atoms with Gasteiger partial charge >= 0.3 is 0 Å². The monoisotopic (exact) mass is 323 g/mol. The summed E-state index contributed by atoms with van der Waals surface area (Å²) in [4.78, 5) is 6.51. The zero-order valence-electron chi connectivity index (χ0n) is 14.5. The van der Waals surface area contributed by atoms with Gasteiger partial charge in [0.1, 0.15) is 5.82 Å². The molecule has 0 radical (unpaired) electrons. The lowest BCUT2D eigenvalue weighted by atomic mass is 9.98. The first-order valence-electron chi connectivity index (χ1n) is 8.71. The third kappa shape index (κ3) is 5.83. The number of aliphatic hydroxyl groups excluding tert-OH is 1. The quantitative estimate of drug-likeness (QED) is 0.810. The molecule has 2 N–H and O–H groups in total. The Morgan fingerprint density at radius 2 is 2.04 bits per heavy atom. The smallest absolute Gasteiger partial charge is 0.141 e. The lowest BCUT2D eigenvalue weighted by molar-refractivity contribution is 0.0873. The average molecular weight is 323 g/mol. The van der Waals surface area contributed by atoms with Gasteiger partial charge in [-0.05, 0) is 49.9 Å². The number of aliphatic hydroxyl groups is 1. The van der Waals surface area contributed by atoms with E-state index in [1.54, 1.807) is 6.07 Å². The molecule has 23 heavy (non-hydrogen) atoms. The summed E-state index contributed by atoms with van der Waals surface area (Å²) in [5, 5.41) is 13.7. The van der Waals surface area contributed by atoms with E-state index in [0.29, 0.717) is 19.0 Å². The molecule has 1 aromatic rings. The van der Waals surface area contributed by atoms with Gasteiger partial charge in [-0.2, -0.15) is 0 Å². The van der Waals surface area contributed by atoms with Gasteiger partial charge in [0, 0.05) is 13.1 Å². The molecule has 0 aromatic carbocycles. The molecule has 2 heterocycles. The number of hydrogen-bond acceptors (Lipinski definition) is 4. The van der Waals surface area contributed by atoms with E-state index in [0.717, 1.165) is 24.7 Å². The molecular formula is C18H30FN3O. The van der Waals surface area contributed by atoms with Crippen LogP contribution in [0, 0.1) is 17.7 Å². The molecule has 0 amide bonds. The number of β-amino-alcohol motifs (C(OH)–C–C–N with tert-alkyl or cyclic N) is 1. The van der Waals surface area contributed by atoms with Crippen molar-refractivity contribution in [1.82, 2.24) is 15.2 Å². The van der Waals surface area contributed by atoms with E-state index in [-0.39, 0.29) is 11.9 Å². The molecule has 0 spiro atoms. The minimum Gasteiger partial charge on any atom is -0.390 e. The fourth-order valence-corrected chi connectivity index (χ4v) is 3.12. The zero-order chi connectivity index (χ0) is 16.8. The number of likely N-dealkylation sites (tertiary alicyclic amines) is 1. The van der Waals surface area contributed by atoms with E-state index in [4.69, 9.17) is 0 Å². The molecule has 0 bridgehead atoms. The Bertz CT molecular complexity index is 458. The molecule has 0 saturated carbocycles. The molecule has 2 rings (SSSR count). The van der Waals surface area contributed by atoms with Gasteiger partial charge < -0.3 is 15.3 Å². The van der Waals surface area contributed by atoms with Gasteiger partial charge in [-0.25, -0.2) is 4.39 Å². The molecule has 130 valence electrons. The van der Waals surface area contributed by atoms with Crippen molar-refractivity contribution in [1.29, 1.82) is 0 Å². The summed E-state index contributed by atoms with van der Waals surface area (Å²) in [6.45, 7) is 9.87. The number of aromatic nitrogens is 1. The Hall–Kier alpha value is -1.04. The van der Waals surface area contributed by atoms with Gasteiger partial charge in [0.15, 0.2) is 0 Å². The second kappa shape index (κ2) is 8.71. The number of hydrogen-bond donors (Lipinski definition) is 2. The topological polar surface area (TPSA) is 48.4 Å². The maximum Gasteiger partial charge on any atom is 0.141 e. The van der Waals surface area contributed by atoms with Crippen LogP contribution < -0.4 is 5.32 Å². The largest absolute Gasteiger partial charge is 0.390 e. The van der Waals surface area contributed by atoms with Gasteiger partial charge in [0.2, 0.25) is 0 Å². The summed E-state index contributed by atoms with van der Waals surface area (Å²) >= 11 is 0. The van der Waals surface area contributed by atoms with E-state index < -0.39 is 6.10 Å². The van der Waals surface area contributed by atoms with Crippen LogP contribution >= 0.6 is 0 Å². The van der Waals surface area contributed by atoms with E-state index in [9.17, 15) is 9.50 Å². The zero-order valence-corrected chi connectivity index (χ0v) is 14.5. The van der Waals surface area contributed by atoms with Crippen LogP contribution in [0.3, 0.4) is 0 Å². The maximum atomic E-state index is 13.0. The number of rotatable bonds is 7. The fraction of sp³-hybridized carbons (Fsp3) is 0.722. The Morgan fingerprint density at radius 3 is 2.61 bits per heavy atom. The third-order valence-corrected chi connectivity index (χ3v) is 4.65. The van der Waals surface area contributed by atoms with Gasteiger partial charge in [0.05, 0.1) is 24.0 Å². The lowest BCUT2D eigenvalue weighted by Gasteiger charge is -2.32. The van der Waals surface area contributed by atoms with Crippen molar-refractivity contribution >= 4 is 0 Å². The molecule has 1 aromatic heterocycles. The molecule has 1 fully saturated rings. The second-order valence-corrected chi connectivity index (χ2v) is 7.17. The number of halogens is 1. The van der Waals surface area contributed by atoms with Crippen LogP contribution in [0.2, 0.25) is 0 Å². The number of piperidine rings is 1. The SMILES string of the molecule is CC1CCN(CC(O)CNC(c2ccc(F)cn2)C(C)C)CC1. The van der Waals surface area contributed by atoms with Crippen LogP contribution in [0.15, 0.2) is 18.3 Å². The molecule has 1 aliphatic rings. The summed E-state index contributed by atoms with van der Waals surface area (Å²) < 4.78 is 13.0. The number of pyridine rings is 1. The molecule has 0 aliphatic carbocycles. The predicted octanol–water partition coefficient (Wildman–Crippen LogP) is 2.60. The summed E-state index contributed by atoms with van der Waals surface area (Å²) in [5.41, 5.74) is 0.820. The number of nitrogens with zero attached hydrogens (tertiary/aromatic N) is 2. The Kier molecular flexibility index (Phi) is 6.93. The highest BCUT2D eigenvalue weighted by Gasteiger charge is 2.21. The van der Waals surface area contributed by atoms with Gasteiger partial charge in [-0.15, -0.1) is 0 Å². The van der Waals surface area contributed by atoms with Crippen LogP contribution in [0.4, 0.5) is 4.39 Å². The van der Waals surface area contributed by atoms with Crippen molar-refractivity contribution in [3.8, 4) is 0 Å². The molecular weight excluding hydrogens is 293 g/mol. The van der Waals surface area contributed by atoms with Crippen molar-refractivity contribution in [2.24, 2.45) is 11.8 Å². The van der Waals surface area contributed by atoms with Gasteiger partial charge in [0.25, 0.3) is 0 Å². The van der Waals surface area contributed by atoms with Crippen LogP contribution in [-0.2, 0) is 0 Å². The molecule has 2 atom stereocenters. The average Bonchev–Trinajstić information content (AvgIpc) is 2.51. The normalized spacial score (nSPS) is 19.9. The van der Waals surface area contributed by atoms with E-state index in [1.165, 1.54) is 25.1 Å². The molecule has 1 saturated heterocycles. The highest BCUT2D eigenvalue weighted by atomic mass is 19.1. The molecule has 4 nitrogen and oxygen atoms in total. The van der Waals surface area contributed by atoms with Crippen LogP contribution in [0.5, 0.6) is 0 Å². The van der Waals surface area contributed by atoms with E-state index >= 15 is 0 Å². The predicted molar refractivity (Wildman–Crippen MR) is 90.6 cm³/mol. The summed E-state index contributed by atoms with van der Waals surface area (Å²) in [5.74, 6) is 0.794.